The zero-order valence-corrected chi connectivity index (χ0v) is 16.5. The topological polar surface area (TPSA) is 63.8 Å². The summed E-state index contributed by atoms with van der Waals surface area (Å²) in [7, 11) is 3.13. The quantitative estimate of drug-likeness (QED) is 0.798. The van der Waals surface area contributed by atoms with E-state index in [0.29, 0.717) is 11.5 Å². The van der Waals surface area contributed by atoms with Crippen molar-refractivity contribution in [2.24, 2.45) is 11.8 Å². The predicted octanol–water partition coefficient (Wildman–Crippen LogP) is 3.68. The van der Waals surface area contributed by atoms with E-state index in [1.165, 1.54) is 23.8 Å². The summed E-state index contributed by atoms with van der Waals surface area (Å²) in [5.74, 6) is 1.05. The van der Waals surface area contributed by atoms with E-state index in [4.69, 9.17) is 14.2 Å². The first-order chi connectivity index (χ1) is 13.6. The summed E-state index contributed by atoms with van der Waals surface area (Å²) in [5, 5.41) is 1.28. The number of H-pyrrole nitrogens is 1. The molecule has 2 aromatic rings. The maximum absolute atomic E-state index is 12.3. The van der Waals surface area contributed by atoms with Gasteiger partial charge in [0.05, 0.1) is 38.2 Å². The van der Waals surface area contributed by atoms with Gasteiger partial charge in [-0.15, -0.1) is 0 Å². The lowest BCUT2D eigenvalue weighted by Crippen LogP contribution is -2.51. The molecule has 6 heteroatoms. The molecule has 0 saturated carbocycles. The standard InChI is InChI=1S/C22H26N2O4.2H2/c1-12-17-10-24-7-6-15-14-5-4-13(26-2)8-19(14)23-21(15)20(24)9-16(17)18(11-28-12)22(25)27-3;;/h4-5,8,11-12,16-17,20,23H,6-7,9-10H2,1-3H3;2*1H/t12?,16?,17-,20?;;/m1../s1. The number of carbonyl (C=O) groups excluding carboxylic acids is 1. The molecule has 4 heterocycles. The molecule has 5 rings (SSSR count). The number of piperidine rings is 1. The summed E-state index contributed by atoms with van der Waals surface area (Å²) in [6, 6.07) is 6.53. The summed E-state index contributed by atoms with van der Waals surface area (Å²) >= 11 is 0. The van der Waals surface area contributed by atoms with Crippen LogP contribution in [0.25, 0.3) is 10.9 Å². The van der Waals surface area contributed by atoms with Gasteiger partial charge in [-0.3, -0.25) is 4.90 Å². The maximum atomic E-state index is 12.3. The number of rotatable bonds is 2. The SMILES string of the molecule is COC(=O)C1=COC(C)[C@H]2CN3CCc4c([nH]c5cc(OC)ccc45)C3CC12.[HH].[HH]. The molecule has 1 N–H and O–H groups in total. The fourth-order valence-electron chi connectivity index (χ4n) is 5.35. The van der Waals surface area contributed by atoms with Crippen molar-refractivity contribution >= 4 is 16.9 Å². The average Bonchev–Trinajstić information content (AvgIpc) is 3.10. The number of esters is 1. The molecule has 3 unspecified atom stereocenters. The zero-order valence-electron chi connectivity index (χ0n) is 16.5. The minimum atomic E-state index is -0.271. The molecular weight excluding hydrogens is 356 g/mol. The molecule has 0 spiro atoms. The first-order valence-electron chi connectivity index (χ1n) is 9.97. The molecule has 1 aromatic heterocycles. The molecule has 1 fully saturated rings. The van der Waals surface area contributed by atoms with Crippen LogP contribution in [0.3, 0.4) is 0 Å². The highest BCUT2D eigenvalue weighted by molar-refractivity contribution is 5.89. The van der Waals surface area contributed by atoms with Gasteiger partial charge in [0.2, 0.25) is 0 Å². The van der Waals surface area contributed by atoms with E-state index in [2.05, 4.69) is 28.9 Å². The third kappa shape index (κ3) is 2.54. The monoisotopic (exact) mass is 386 g/mol. The number of hydrogen-bond acceptors (Lipinski definition) is 5. The van der Waals surface area contributed by atoms with E-state index in [-0.39, 0.29) is 26.9 Å². The van der Waals surface area contributed by atoms with E-state index in [9.17, 15) is 4.79 Å². The van der Waals surface area contributed by atoms with Gasteiger partial charge in [-0.1, -0.05) is 0 Å². The summed E-state index contributed by atoms with van der Waals surface area (Å²) in [6.07, 6.45) is 3.67. The van der Waals surface area contributed by atoms with E-state index in [1.54, 1.807) is 13.4 Å². The number of aromatic amines is 1. The Morgan fingerprint density at radius 3 is 3.00 bits per heavy atom. The first kappa shape index (κ1) is 17.6. The van der Waals surface area contributed by atoms with Crippen LogP contribution in [0, 0.1) is 11.8 Å². The Kier molecular flexibility index (Phi) is 4.12. The molecule has 3 aliphatic heterocycles. The predicted molar refractivity (Wildman–Crippen MR) is 109 cm³/mol. The van der Waals surface area contributed by atoms with E-state index < -0.39 is 0 Å². The Morgan fingerprint density at radius 1 is 1.36 bits per heavy atom. The van der Waals surface area contributed by atoms with Crippen molar-refractivity contribution in [1.82, 2.24) is 9.88 Å². The van der Waals surface area contributed by atoms with Crippen LogP contribution in [0.1, 0.15) is 33.5 Å². The molecule has 0 radical (unpaired) electrons. The van der Waals surface area contributed by atoms with Crippen LogP contribution in [0.15, 0.2) is 30.0 Å². The minimum Gasteiger partial charge on any atom is -0.497 e. The van der Waals surface area contributed by atoms with Gasteiger partial charge < -0.3 is 19.2 Å². The Labute approximate surface area is 167 Å². The molecule has 0 amide bonds. The number of benzene rings is 1. The summed E-state index contributed by atoms with van der Waals surface area (Å²) in [5.41, 5.74) is 4.49. The van der Waals surface area contributed by atoms with Crippen molar-refractivity contribution in [2.45, 2.75) is 31.9 Å². The second-order valence-electron chi connectivity index (χ2n) is 8.10. The van der Waals surface area contributed by atoms with Crippen molar-refractivity contribution in [3.05, 3.63) is 41.3 Å². The molecule has 1 aromatic carbocycles. The second kappa shape index (κ2) is 6.55. The average molecular weight is 386 g/mol. The Bertz CT molecular complexity index is 973. The zero-order chi connectivity index (χ0) is 19.4. The second-order valence-corrected chi connectivity index (χ2v) is 8.10. The van der Waals surface area contributed by atoms with Crippen LogP contribution in [0.4, 0.5) is 0 Å². The molecule has 28 heavy (non-hydrogen) atoms. The van der Waals surface area contributed by atoms with Gasteiger partial charge in [0.1, 0.15) is 5.75 Å². The normalized spacial score (nSPS) is 29.2. The van der Waals surface area contributed by atoms with Gasteiger partial charge >= 0.3 is 5.97 Å². The Balaban J connectivity index is 0.00000128. The molecule has 4 atom stereocenters. The fraction of sp³-hybridized carbons (Fsp3) is 0.500. The molecule has 6 nitrogen and oxygen atoms in total. The fourth-order valence-corrected chi connectivity index (χ4v) is 5.35. The van der Waals surface area contributed by atoms with Crippen LogP contribution in [0.5, 0.6) is 5.75 Å². The van der Waals surface area contributed by atoms with Gasteiger partial charge in [-0.05, 0) is 37.5 Å². The van der Waals surface area contributed by atoms with Crippen LogP contribution < -0.4 is 4.74 Å². The number of aromatic nitrogens is 1. The van der Waals surface area contributed by atoms with E-state index >= 15 is 0 Å². The van der Waals surface area contributed by atoms with E-state index in [0.717, 1.165) is 37.2 Å². The van der Waals surface area contributed by atoms with Gasteiger partial charge in [0.25, 0.3) is 0 Å². The van der Waals surface area contributed by atoms with Crippen LogP contribution in [-0.4, -0.2) is 49.3 Å². The lowest BCUT2D eigenvalue weighted by atomic mass is 9.72. The van der Waals surface area contributed by atoms with Gasteiger partial charge in [0, 0.05) is 50.4 Å². The Morgan fingerprint density at radius 2 is 2.21 bits per heavy atom. The van der Waals surface area contributed by atoms with Gasteiger partial charge in [-0.25, -0.2) is 4.79 Å². The number of fused-ring (bicyclic) bond motifs is 6. The van der Waals surface area contributed by atoms with Crippen molar-refractivity contribution in [3.63, 3.8) is 0 Å². The number of nitrogens with one attached hydrogen (secondary N) is 1. The van der Waals surface area contributed by atoms with Crippen molar-refractivity contribution in [3.8, 4) is 5.75 Å². The third-order valence-electron chi connectivity index (χ3n) is 6.84. The number of carbonyl (C=O) groups is 1. The molecular formula is C22H30N2O4. The lowest BCUT2D eigenvalue weighted by molar-refractivity contribution is -0.139. The summed E-state index contributed by atoms with van der Waals surface area (Å²) in [6.45, 7) is 4.07. The molecule has 3 aliphatic rings. The van der Waals surface area contributed by atoms with Crippen LogP contribution in [-0.2, 0) is 20.7 Å². The molecule has 1 saturated heterocycles. The number of nitrogens with zero attached hydrogens (tertiary/aromatic N) is 1. The highest BCUT2D eigenvalue weighted by Gasteiger charge is 2.46. The minimum absolute atomic E-state index is 0. The summed E-state index contributed by atoms with van der Waals surface area (Å²) < 4.78 is 16.2. The van der Waals surface area contributed by atoms with Crippen molar-refractivity contribution in [1.29, 1.82) is 0 Å². The van der Waals surface area contributed by atoms with Crippen LogP contribution >= 0.6 is 0 Å². The van der Waals surface area contributed by atoms with E-state index in [1.807, 2.05) is 6.07 Å². The largest absolute Gasteiger partial charge is 0.497 e. The first-order valence-corrected chi connectivity index (χ1v) is 9.97. The van der Waals surface area contributed by atoms with Crippen LogP contribution in [0.2, 0.25) is 0 Å². The molecule has 152 valence electrons. The summed E-state index contributed by atoms with van der Waals surface area (Å²) in [4.78, 5) is 18.6. The lowest BCUT2D eigenvalue weighted by Gasteiger charge is -2.49. The number of ether oxygens (including phenoxy) is 3. The molecule has 0 aliphatic carbocycles. The maximum Gasteiger partial charge on any atom is 0.337 e. The number of hydrogen-bond donors (Lipinski definition) is 1. The Hall–Kier alpha value is -2.47. The highest BCUT2D eigenvalue weighted by Crippen LogP contribution is 2.47. The number of methoxy groups -OCH3 is 2. The third-order valence-corrected chi connectivity index (χ3v) is 6.84. The van der Waals surface area contributed by atoms with Crippen molar-refractivity contribution < 1.29 is 21.9 Å². The highest BCUT2D eigenvalue weighted by atomic mass is 16.5. The van der Waals surface area contributed by atoms with Gasteiger partial charge in [0.15, 0.2) is 0 Å². The molecule has 0 bridgehead atoms. The van der Waals surface area contributed by atoms with Gasteiger partial charge in [-0.2, -0.15) is 0 Å². The van der Waals surface area contributed by atoms with Crippen molar-refractivity contribution in [2.75, 3.05) is 27.3 Å². The smallest absolute Gasteiger partial charge is 0.337 e.